The molecule has 0 bridgehead atoms. The fraction of sp³-hybridized carbons (Fsp3) is 0.0417. The first-order chi connectivity index (χ1) is 16.9. The molecule has 5 rings (SSSR count). The number of nitrogen functional groups attached to an aromatic ring is 1. The lowest BCUT2D eigenvalue weighted by Gasteiger charge is -2.14. The van der Waals surface area contributed by atoms with Gasteiger partial charge >= 0.3 is 11.8 Å². The highest BCUT2D eigenvalue weighted by Gasteiger charge is 2.21. The number of benzene rings is 2. The number of amides is 1. The number of nitrogens with zero attached hydrogens (tertiary/aromatic N) is 6. The Hall–Kier alpha value is -5.19. The smallest absolute Gasteiger partial charge is 0.411 e. The number of fused-ring (bicyclic) bond motifs is 1. The van der Waals surface area contributed by atoms with Crippen LogP contribution in [-0.2, 0) is 0 Å². The molecule has 0 fully saturated rings. The molecule has 5 aromatic rings. The molecule has 35 heavy (non-hydrogen) atoms. The van der Waals surface area contributed by atoms with Crippen LogP contribution in [-0.4, -0.2) is 42.3 Å². The summed E-state index contributed by atoms with van der Waals surface area (Å²) in [7, 11) is 1.42. The van der Waals surface area contributed by atoms with Crippen molar-refractivity contribution in [3.8, 4) is 23.0 Å². The summed E-state index contributed by atoms with van der Waals surface area (Å²) in [4.78, 5) is 38.6. The second-order valence-corrected chi connectivity index (χ2v) is 7.51. The van der Waals surface area contributed by atoms with Gasteiger partial charge in [-0.15, -0.1) is 0 Å². The molecular formula is C24H19N7O4. The van der Waals surface area contributed by atoms with Gasteiger partial charge in [-0.25, -0.2) is 29.1 Å². The topological polar surface area (TPSA) is 141 Å². The Kier molecular flexibility index (Phi) is 5.34. The van der Waals surface area contributed by atoms with E-state index in [1.807, 2.05) is 6.07 Å². The number of rotatable bonds is 5. The molecule has 174 valence electrons. The van der Waals surface area contributed by atoms with Gasteiger partial charge in [-0.1, -0.05) is 12.1 Å². The first-order valence-electron chi connectivity index (χ1n) is 10.4. The predicted molar refractivity (Wildman–Crippen MR) is 130 cm³/mol. The van der Waals surface area contributed by atoms with Gasteiger partial charge in [0.05, 0.1) is 11.4 Å². The van der Waals surface area contributed by atoms with Gasteiger partial charge in [-0.2, -0.15) is 0 Å². The van der Waals surface area contributed by atoms with Crippen molar-refractivity contribution in [2.75, 3.05) is 17.7 Å². The number of pyridine rings is 1. The largest absolute Gasteiger partial charge is 0.465 e. The van der Waals surface area contributed by atoms with Crippen molar-refractivity contribution in [3.63, 3.8) is 0 Å². The second kappa shape index (κ2) is 8.63. The lowest BCUT2D eigenvalue weighted by molar-refractivity contribution is 0.203. The highest BCUT2D eigenvalue weighted by Crippen LogP contribution is 2.26. The molecule has 3 aromatic heterocycles. The summed E-state index contributed by atoms with van der Waals surface area (Å²) in [5, 5.41) is 9.33. The third-order valence-corrected chi connectivity index (χ3v) is 5.37. The summed E-state index contributed by atoms with van der Waals surface area (Å²) < 4.78 is 8.51. The van der Waals surface area contributed by atoms with Crippen molar-refractivity contribution in [3.05, 3.63) is 89.7 Å². The lowest BCUT2D eigenvalue weighted by atomic mass is 10.2. The predicted octanol–water partition coefficient (Wildman–Crippen LogP) is 3.46. The van der Waals surface area contributed by atoms with Crippen molar-refractivity contribution in [1.29, 1.82) is 0 Å². The summed E-state index contributed by atoms with van der Waals surface area (Å²) in [5.41, 5.74) is 7.67. The molecule has 3 heterocycles. The summed E-state index contributed by atoms with van der Waals surface area (Å²) >= 11 is 0. The van der Waals surface area contributed by atoms with E-state index in [9.17, 15) is 14.7 Å². The number of imidazole rings is 1. The van der Waals surface area contributed by atoms with Crippen LogP contribution in [0.5, 0.6) is 11.6 Å². The minimum absolute atomic E-state index is 0.124. The van der Waals surface area contributed by atoms with E-state index in [0.29, 0.717) is 34.2 Å². The van der Waals surface area contributed by atoms with E-state index in [4.69, 9.17) is 10.5 Å². The molecule has 0 saturated carbocycles. The number of anilines is 2. The molecule has 0 atom stereocenters. The van der Waals surface area contributed by atoms with Crippen LogP contribution in [0.4, 0.5) is 16.3 Å². The maximum absolute atomic E-state index is 13.7. The molecule has 0 aliphatic rings. The number of carboxylic acid groups (broad SMARTS) is 1. The first-order valence-corrected chi connectivity index (χ1v) is 10.4. The Bertz CT molecular complexity index is 1590. The molecule has 0 saturated heterocycles. The average Bonchev–Trinajstić information content (AvgIpc) is 3.17. The van der Waals surface area contributed by atoms with Gasteiger partial charge in [-0.05, 0) is 48.5 Å². The van der Waals surface area contributed by atoms with Crippen molar-refractivity contribution in [2.45, 2.75) is 0 Å². The number of nitrogens with two attached hydrogens (primary N) is 1. The Balaban J connectivity index is 1.63. The molecule has 0 radical (unpaired) electrons. The number of aromatic nitrogens is 5. The summed E-state index contributed by atoms with van der Waals surface area (Å²) in [6, 6.07) is 18.8. The van der Waals surface area contributed by atoms with Crippen LogP contribution in [0.25, 0.3) is 22.5 Å². The van der Waals surface area contributed by atoms with Crippen LogP contribution >= 0.6 is 0 Å². The average molecular weight is 469 g/mol. The Morgan fingerprint density at radius 2 is 1.77 bits per heavy atom. The van der Waals surface area contributed by atoms with E-state index < -0.39 is 11.8 Å². The zero-order valence-corrected chi connectivity index (χ0v) is 18.4. The van der Waals surface area contributed by atoms with Crippen LogP contribution in [0.3, 0.4) is 0 Å². The SMILES string of the molecule is CN(C(=O)O)c1cccc(-n2c(=O)n(-c3ccc(Oc4ccccn4)cc3)c3c(N)ncnc32)c1. The number of ether oxygens (including phenoxy) is 1. The van der Waals surface area contributed by atoms with E-state index >= 15 is 0 Å². The fourth-order valence-electron chi connectivity index (χ4n) is 3.66. The second-order valence-electron chi connectivity index (χ2n) is 7.51. The first kappa shape index (κ1) is 21.6. The third kappa shape index (κ3) is 3.91. The summed E-state index contributed by atoms with van der Waals surface area (Å²) in [5.74, 6) is 1.11. The molecule has 11 nitrogen and oxygen atoms in total. The minimum atomic E-state index is -1.13. The van der Waals surface area contributed by atoms with Crippen LogP contribution in [0, 0.1) is 0 Å². The molecule has 0 aliphatic carbocycles. The summed E-state index contributed by atoms with van der Waals surface area (Å²) in [6.45, 7) is 0. The van der Waals surface area contributed by atoms with Gasteiger partial charge in [0, 0.05) is 25.0 Å². The number of hydrogen-bond acceptors (Lipinski definition) is 7. The standard InChI is InChI=1S/C24H19N7O4/c1-29(24(33)34)16-5-4-6-17(13-16)31-22-20(21(25)27-14-28-22)30(23(31)32)15-8-10-18(11-9-15)35-19-7-2-3-12-26-19/h2-14H,1H3,(H,33,34)(H2,25,27,28). The van der Waals surface area contributed by atoms with Gasteiger partial charge in [0.2, 0.25) is 5.88 Å². The maximum Gasteiger partial charge on any atom is 0.411 e. The van der Waals surface area contributed by atoms with E-state index in [-0.39, 0.29) is 11.5 Å². The van der Waals surface area contributed by atoms with E-state index in [1.54, 1.807) is 66.9 Å². The van der Waals surface area contributed by atoms with Crippen LogP contribution in [0.15, 0.2) is 84.0 Å². The van der Waals surface area contributed by atoms with Crippen molar-refractivity contribution < 1.29 is 14.6 Å². The Morgan fingerprint density at radius 3 is 2.49 bits per heavy atom. The highest BCUT2D eigenvalue weighted by molar-refractivity contribution is 5.87. The van der Waals surface area contributed by atoms with E-state index in [0.717, 1.165) is 4.90 Å². The quantitative estimate of drug-likeness (QED) is 0.399. The third-order valence-electron chi connectivity index (χ3n) is 5.37. The van der Waals surface area contributed by atoms with Gasteiger partial charge < -0.3 is 15.6 Å². The molecule has 0 spiro atoms. The monoisotopic (exact) mass is 469 g/mol. The minimum Gasteiger partial charge on any atom is -0.465 e. The van der Waals surface area contributed by atoms with Gasteiger partial charge in [0.25, 0.3) is 0 Å². The van der Waals surface area contributed by atoms with Crippen molar-refractivity contribution in [2.24, 2.45) is 0 Å². The molecular weight excluding hydrogens is 450 g/mol. The maximum atomic E-state index is 13.7. The summed E-state index contributed by atoms with van der Waals surface area (Å²) in [6.07, 6.45) is 1.77. The number of hydrogen-bond donors (Lipinski definition) is 2. The molecule has 3 N–H and O–H groups in total. The molecule has 11 heteroatoms. The molecule has 2 aromatic carbocycles. The van der Waals surface area contributed by atoms with Gasteiger partial charge in [-0.3, -0.25) is 9.47 Å². The van der Waals surface area contributed by atoms with E-state index in [2.05, 4.69) is 15.0 Å². The molecule has 0 aliphatic heterocycles. The van der Waals surface area contributed by atoms with Crippen molar-refractivity contribution >= 4 is 28.8 Å². The van der Waals surface area contributed by atoms with Gasteiger partial charge in [0.15, 0.2) is 11.5 Å². The zero-order valence-electron chi connectivity index (χ0n) is 18.4. The normalized spacial score (nSPS) is 10.9. The van der Waals surface area contributed by atoms with Crippen LogP contribution in [0.1, 0.15) is 0 Å². The van der Waals surface area contributed by atoms with Crippen LogP contribution in [0.2, 0.25) is 0 Å². The fourth-order valence-corrected chi connectivity index (χ4v) is 3.66. The highest BCUT2D eigenvalue weighted by atomic mass is 16.5. The number of carbonyl (C=O) groups is 1. The molecule has 1 amide bonds. The van der Waals surface area contributed by atoms with Crippen molar-refractivity contribution in [1.82, 2.24) is 24.1 Å². The Morgan fingerprint density at radius 1 is 0.971 bits per heavy atom. The van der Waals surface area contributed by atoms with Gasteiger partial charge in [0.1, 0.15) is 17.6 Å². The zero-order chi connectivity index (χ0) is 24.5. The van der Waals surface area contributed by atoms with E-state index in [1.165, 1.54) is 22.5 Å². The Labute approximate surface area is 198 Å². The lowest BCUT2D eigenvalue weighted by Crippen LogP contribution is -2.25. The van der Waals surface area contributed by atoms with Crippen LogP contribution < -0.4 is 21.1 Å². The molecule has 0 unspecified atom stereocenters.